The lowest BCUT2D eigenvalue weighted by Gasteiger charge is -2.19. The average molecular weight is 316 g/mol. The van der Waals surface area contributed by atoms with E-state index in [1.807, 2.05) is 22.9 Å². The van der Waals surface area contributed by atoms with Gasteiger partial charge in [-0.1, -0.05) is 62.4 Å². The molecule has 0 radical (unpaired) electrons. The molecule has 2 aromatic carbocycles. The summed E-state index contributed by atoms with van der Waals surface area (Å²) in [7, 11) is 0. The van der Waals surface area contributed by atoms with E-state index in [1.54, 1.807) is 12.3 Å². The predicted octanol–water partition coefficient (Wildman–Crippen LogP) is 4.16. The van der Waals surface area contributed by atoms with E-state index in [4.69, 9.17) is 5.26 Å². The van der Waals surface area contributed by atoms with Gasteiger partial charge in [0, 0.05) is 5.56 Å². The number of aromatic nitrogens is 3. The van der Waals surface area contributed by atoms with E-state index in [-0.39, 0.29) is 5.41 Å². The Balaban J connectivity index is 1.89. The summed E-state index contributed by atoms with van der Waals surface area (Å²) < 4.78 is 1.86. The van der Waals surface area contributed by atoms with Crippen molar-refractivity contribution < 1.29 is 0 Å². The Kier molecular flexibility index (Phi) is 4.18. The minimum absolute atomic E-state index is 0.134. The number of rotatable bonds is 3. The second-order valence-electron chi connectivity index (χ2n) is 6.92. The van der Waals surface area contributed by atoms with Crippen LogP contribution in [0.4, 0.5) is 0 Å². The molecule has 0 unspecified atom stereocenters. The van der Waals surface area contributed by atoms with Gasteiger partial charge in [0.1, 0.15) is 0 Å². The van der Waals surface area contributed by atoms with Crippen LogP contribution in [-0.2, 0) is 12.0 Å². The van der Waals surface area contributed by atoms with Gasteiger partial charge in [-0.2, -0.15) is 5.26 Å². The number of benzene rings is 2. The average Bonchev–Trinajstić information content (AvgIpc) is 3.02. The van der Waals surface area contributed by atoms with Gasteiger partial charge in [-0.25, -0.2) is 4.68 Å². The zero-order valence-corrected chi connectivity index (χ0v) is 14.2. The molecule has 3 aromatic rings. The number of nitrogens with zero attached hydrogens (tertiary/aromatic N) is 4. The van der Waals surface area contributed by atoms with Crippen molar-refractivity contribution in [3.05, 3.63) is 71.4 Å². The fourth-order valence-corrected chi connectivity index (χ4v) is 2.65. The molecule has 0 aliphatic heterocycles. The molecule has 0 saturated heterocycles. The van der Waals surface area contributed by atoms with Crippen molar-refractivity contribution in [1.29, 1.82) is 5.26 Å². The first-order valence-electron chi connectivity index (χ1n) is 7.96. The van der Waals surface area contributed by atoms with E-state index >= 15 is 0 Å². The van der Waals surface area contributed by atoms with Crippen LogP contribution in [0.5, 0.6) is 0 Å². The van der Waals surface area contributed by atoms with Crippen molar-refractivity contribution in [1.82, 2.24) is 15.0 Å². The minimum atomic E-state index is 0.134. The first-order valence-corrected chi connectivity index (χ1v) is 7.96. The maximum atomic E-state index is 9.03. The van der Waals surface area contributed by atoms with Gasteiger partial charge in [0.05, 0.1) is 30.1 Å². The van der Waals surface area contributed by atoms with Crippen LogP contribution in [0.3, 0.4) is 0 Å². The van der Waals surface area contributed by atoms with Gasteiger partial charge in [0.2, 0.25) is 0 Å². The first kappa shape index (κ1) is 15.9. The Morgan fingerprint density at radius 1 is 1.08 bits per heavy atom. The summed E-state index contributed by atoms with van der Waals surface area (Å²) in [6.45, 7) is 7.20. The van der Waals surface area contributed by atoms with E-state index in [0.29, 0.717) is 12.1 Å². The van der Waals surface area contributed by atoms with Crippen LogP contribution in [-0.4, -0.2) is 15.0 Å². The maximum Gasteiger partial charge on any atom is 0.0991 e. The first-order chi connectivity index (χ1) is 11.5. The molecule has 0 amide bonds. The third-order valence-corrected chi connectivity index (χ3v) is 4.05. The highest BCUT2D eigenvalue weighted by Gasteiger charge is 2.14. The van der Waals surface area contributed by atoms with Crippen LogP contribution in [0.2, 0.25) is 0 Å². The molecule has 0 aliphatic carbocycles. The largest absolute Gasteiger partial charge is 0.240 e. The van der Waals surface area contributed by atoms with E-state index in [0.717, 1.165) is 16.8 Å². The van der Waals surface area contributed by atoms with Gasteiger partial charge in [-0.15, -0.1) is 5.10 Å². The van der Waals surface area contributed by atoms with E-state index in [1.165, 1.54) is 5.56 Å². The quantitative estimate of drug-likeness (QED) is 0.729. The smallest absolute Gasteiger partial charge is 0.0991 e. The highest BCUT2D eigenvalue weighted by atomic mass is 15.4. The van der Waals surface area contributed by atoms with Gasteiger partial charge < -0.3 is 0 Å². The molecule has 0 atom stereocenters. The Hall–Kier alpha value is -2.93. The molecule has 3 rings (SSSR count). The van der Waals surface area contributed by atoms with Crippen molar-refractivity contribution in [2.45, 2.75) is 32.7 Å². The van der Waals surface area contributed by atoms with Crippen molar-refractivity contribution in [3.63, 3.8) is 0 Å². The van der Waals surface area contributed by atoms with Crippen molar-refractivity contribution in [3.8, 4) is 17.3 Å². The van der Waals surface area contributed by atoms with Gasteiger partial charge in [0.15, 0.2) is 0 Å². The van der Waals surface area contributed by atoms with Gasteiger partial charge in [-0.05, 0) is 28.7 Å². The Labute approximate surface area is 142 Å². The molecule has 120 valence electrons. The van der Waals surface area contributed by atoms with Crippen molar-refractivity contribution >= 4 is 0 Å². The molecular weight excluding hydrogens is 296 g/mol. The van der Waals surface area contributed by atoms with Crippen LogP contribution in [0.15, 0.2) is 54.7 Å². The van der Waals surface area contributed by atoms with E-state index < -0.39 is 0 Å². The summed E-state index contributed by atoms with van der Waals surface area (Å²) >= 11 is 0. The standard InChI is InChI=1S/C20H20N4/c1-20(2,3)18-9-7-17(8-10-18)19-13-22-23-24(19)14-16-6-4-5-15(11-16)12-21/h4-11,13H,14H2,1-3H3. The number of hydrogen-bond acceptors (Lipinski definition) is 3. The molecule has 0 fully saturated rings. The molecule has 4 nitrogen and oxygen atoms in total. The zero-order chi connectivity index (χ0) is 17.2. The van der Waals surface area contributed by atoms with Gasteiger partial charge in [-0.3, -0.25) is 0 Å². The lowest BCUT2D eigenvalue weighted by molar-refractivity contribution is 0.590. The molecule has 0 spiro atoms. The fourth-order valence-electron chi connectivity index (χ4n) is 2.65. The van der Waals surface area contributed by atoms with Crippen molar-refractivity contribution in [2.24, 2.45) is 0 Å². The Morgan fingerprint density at radius 3 is 2.50 bits per heavy atom. The Morgan fingerprint density at radius 2 is 1.83 bits per heavy atom. The SMILES string of the molecule is CC(C)(C)c1ccc(-c2cnnn2Cc2cccc(C#N)c2)cc1. The Bertz CT molecular complexity index is 877. The number of hydrogen-bond donors (Lipinski definition) is 0. The monoisotopic (exact) mass is 316 g/mol. The van der Waals surface area contributed by atoms with Gasteiger partial charge in [0.25, 0.3) is 0 Å². The summed E-state index contributed by atoms with van der Waals surface area (Å²) in [5.41, 5.74) is 5.18. The lowest BCUT2D eigenvalue weighted by atomic mass is 9.86. The number of nitriles is 1. The van der Waals surface area contributed by atoms with Gasteiger partial charge >= 0.3 is 0 Å². The molecule has 0 bridgehead atoms. The summed E-state index contributed by atoms with van der Waals surface area (Å²) in [6.07, 6.45) is 1.78. The molecule has 4 heteroatoms. The van der Waals surface area contributed by atoms with Crippen LogP contribution in [0.25, 0.3) is 11.3 Å². The maximum absolute atomic E-state index is 9.03. The highest BCUT2D eigenvalue weighted by Crippen LogP contribution is 2.26. The topological polar surface area (TPSA) is 54.5 Å². The molecule has 0 saturated carbocycles. The molecular formula is C20H20N4. The third kappa shape index (κ3) is 3.36. The summed E-state index contributed by atoms with van der Waals surface area (Å²) in [5, 5.41) is 17.3. The predicted molar refractivity (Wildman–Crippen MR) is 94.4 cm³/mol. The highest BCUT2D eigenvalue weighted by molar-refractivity contribution is 5.59. The second kappa shape index (κ2) is 6.29. The zero-order valence-electron chi connectivity index (χ0n) is 14.2. The van der Waals surface area contributed by atoms with E-state index in [2.05, 4.69) is 61.4 Å². The molecule has 0 aliphatic rings. The fraction of sp³-hybridized carbons (Fsp3) is 0.250. The summed E-state index contributed by atoms with van der Waals surface area (Å²) in [6, 6.07) is 18.3. The molecule has 1 heterocycles. The summed E-state index contributed by atoms with van der Waals surface area (Å²) in [5.74, 6) is 0. The molecule has 1 aromatic heterocycles. The molecule has 0 N–H and O–H groups in total. The minimum Gasteiger partial charge on any atom is -0.240 e. The van der Waals surface area contributed by atoms with Crippen molar-refractivity contribution in [2.75, 3.05) is 0 Å². The van der Waals surface area contributed by atoms with Crippen LogP contribution >= 0.6 is 0 Å². The second-order valence-corrected chi connectivity index (χ2v) is 6.92. The third-order valence-electron chi connectivity index (χ3n) is 4.05. The lowest BCUT2D eigenvalue weighted by Crippen LogP contribution is -2.10. The normalized spacial score (nSPS) is 11.2. The molecule has 24 heavy (non-hydrogen) atoms. The summed E-state index contributed by atoms with van der Waals surface area (Å²) in [4.78, 5) is 0. The van der Waals surface area contributed by atoms with Crippen LogP contribution < -0.4 is 0 Å². The van der Waals surface area contributed by atoms with Crippen LogP contribution in [0, 0.1) is 11.3 Å². The van der Waals surface area contributed by atoms with E-state index in [9.17, 15) is 0 Å². The van der Waals surface area contributed by atoms with Crippen LogP contribution in [0.1, 0.15) is 37.5 Å².